The molecule has 0 aromatic heterocycles. The van der Waals surface area contributed by atoms with E-state index in [9.17, 15) is 13.2 Å². The third kappa shape index (κ3) is 3.75. The third-order valence-corrected chi connectivity index (χ3v) is 5.15. The summed E-state index contributed by atoms with van der Waals surface area (Å²) >= 11 is 0. The predicted molar refractivity (Wildman–Crippen MR) is 93.0 cm³/mol. The average Bonchev–Trinajstić information content (AvgIpc) is 3.03. The minimum atomic E-state index is -3.57. The summed E-state index contributed by atoms with van der Waals surface area (Å²) in [4.78, 5) is 12.8. The van der Waals surface area contributed by atoms with Crippen molar-refractivity contribution < 1.29 is 22.7 Å². The van der Waals surface area contributed by atoms with E-state index in [1.54, 1.807) is 48.5 Å². The van der Waals surface area contributed by atoms with Crippen LogP contribution >= 0.6 is 0 Å². The second-order valence-corrected chi connectivity index (χ2v) is 7.69. The molecule has 0 saturated carbocycles. The lowest BCUT2D eigenvalue weighted by Crippen LogP contribution is -2.38. The summed E-state index contributed by atoms with van der Waals surface area (Å²) in [5, 5.41) is 2.74. The van der Waals surface area contributed by atoms with Gasteiger partial charge in [0, 0.05) is 18.8 Å². The highest BCUT2D eigenvalue weighted by Gasteiger charge is 2.31. The van der Waals surface area contributed by atoms with E-state index < -0.39 is 22.0 Å². The van der Waals surface area contributed by atoms with E-state index in [2.05, 4.69) is 5.32 Å². The Balaban J connectivity index is 1.89. The molecule has 1 N–H and O–H groups in total. The van der Waals surface area contributed by atoms with Gasteiger partial charge in [-0.1, -0.05) is 30.3 Å². The standard InChI is InChI=1S/C17H18N2O5S/c1-19(25(2,21)22)16(12-6-4-3-5-7-12)17(20)18-13-8-9-14-15(10-13)24-11-23-14/h3-10,16H,11H2,1-2H3,(H,18,20)/t16-/m0/s1. The smallest absolute Gasteiger partial charge is 0.247 e. The van der Waals surface area contributed by atoms with Crippen molar-refractivity contribution in [1.82, 2.24) is 4.31 Å². The molecule has 8 heteroatoms. The normalized spacial score (nSPS) is 14.4. The first kappa shape index (κ1) is 17.2. The number of likely N-dealkylation sites (N-methyl/N-ethyl adjacent to an activating group) is 1. The number of rotatable bonds is 5. The van der Waals surface area contributed by atoms with Gasteiger partial charge in [0.2, 0.25) is 22.7 Å². The molecule has 1 amide bonds. The summed E-state index contributed by atoms with van der Waals surface area (Å²) < 4.78 is 35.5. The Labute approximate surface area is 146 Å². The zero-order chi connectivity index (χ0) is 18.0. The van der Waals surface area contributed by atoms with Crippen LogP contribution in [0.4, 0.5) is 5.69 Å². The molecule has 1 aliphatic heterocycles. The number of hydrogen-bond acceptors (Lipinski definition) is 5. The van der Waals surface area contributed by atoms with Crippen molar-refractivity contribution in [3.05, 3.63) is 54.1 Å². The number of amides is 1. The Bertz CT molecular complexity index is 883. The van der Waals surface area contributed by atoms with Gasteiger partial charge >= 0.3 is 0 Å². The van der Waals surface area contributed by atoms with E-state index in [-0.39, 0.29) is 6.79 Å². The fourth-order valence-corrected chi connectivity index (χ4v) is 3.14. The van der Waals surface area contributed by atoms with Gasteiger partial charge in [0.1, 0.15) is 6.04 Å². The maximum atomic E-state index is 12.8. The molecule has 25 heavy (non-hydrogen) atoms. The molecule has 2 aromatic carbocycles. The van der Waals surface area contributed by atoms with Crippen LogP contribution in [0.2, 0.25) is 0 Å². The zero-order valence-corrected chi connectivity index (χ0v) is 14.6. The minimum Gasteiger partial charge on any atom is -0.454 e. The Morgan fingerprint density at radius 2 is 1.80 bits per heavy atom. The Morgan fingerprint density at radius 3 is 2.48 bits per heavy atom. The fourth-order valence-electron chi connectivity index (χ4n) is 2.54. The largest absolute Gasteiger partial charge is 0.454 e. The molecule has 3 rings (SSSR count). The second kappa shape index (κ2) is 6.73. The van der Waals surface area contributed by atoms with Gasteiger partial charge in [-0.25, -0.2) is 8.42 Å². The maximum absolute atomic E-state index is 12.8. The molecule has 1 heterocycles. The summed E-state index contributed by atoms with van der Waals surface area (Å²) in [7, 11) is -2.19. The van der Waals surface area contributed by atoms with E-state index in [1.165, 1.54) is 7.05 Å². The number of carbonyl (C=O) groups excluding carboxylic acids is 1. The first-order valence-electron chi connectivity index (χ1n) is 7.55. The number of sulfonamides is 1. The third-order valence-electron chi connectivity index (χ3n) is 3.89. The number of carbonyl (C=O) groups is 1. The summed E-state index contributed by atoms with van der Waals surface area (Å²) in [6.07, 6.45) is 1.07. The monoisotopic (exact) mass is 362 g/mol. The van der Waals surface area contributed by atoms with E-state index in [0.717, 1.165) is 10.6 Å². The molecule has 0 spiro atoms. The predicted octanol–water partition coefficient (Wildman–Crippen LogP) is 1.99. The molecular formula is C17H18N2O5S. The first-order chi connectivity index (χ1) is 11.9. The lowest BCUT2D eigenvalue weighted by Gasteiger charge is -2.25. The molecule has 0 unspecified atom stereocenters. The molecule has 0 fully saturated rings. The highest BCUT2D eigenvalue weighted by atomic mass is 32.2. The maximum Gasteiger partial charge on any atom is 0.247 e. The van der Waals surface area contributed by atoms with Gasteiger partial charge in [-0.15, -0.1) is 0 Å². The zero-order valence-electron chi connectivity index (χ0n) is 13.8. The van der Waals surface area contributed by atoms with Crippen molar-refractivity contribution in [2.45, 2.75) is 6.04 Å². The Morgan fingerprint density at radius 1 is 1.12 bits per heavy atom. The second-order valence-electron chi connectivity index (χ2n) is 5.65. The van der Waals surface area contributed by atoms with Gasteiger partial charge in [-0.2, -0.15) is 4.31 Å². The molecule has 132 valence electrons. The molecule has 7 nitrogen and oxygen atoms in total. The molecule has 0 aliphatic carbocycles. The number of anilines is 1. The van der Waals surface area contributed by atoms with Crippen LogP contribution in [0.25, 0.3) is 0 Å². The molecule has 1 atom stereocenters. The summed E-state index contributed by atoms with van der Waals surface area (Å²) in [6.45, 7) is 0.135. The van der Waals surface area contributed by atoms with Gasteiger partial charge in [0.15, 0.2) is 11.5 Å². The van der Waals surface area contributed by atoms with Crippen molar-refractivity contribution in [2.75, 3.05) is 25.4 Å². The van der Waals surface area contributed by atoms with Gasteiger partial charge in [-0.05, 0) is 17.7 Å². The van der Waals surface area contributed by atoms with Crippen molar-refractivity contribution in [1.29, 1.82) is 0 Å². The highest BCUT2D eigenvalue weighted by Crippen LogP contribution is 2.34. The lowest BCUT2D eigenvalue weighted by molar-refractivity contribution is -0.119. The fraction of sp³-hybridized carbons (Fsp3) is 0.235. The van der Waals surface area contributed by atoms with Crippen LogP contribution in [0.3, 0.4) is 0 Å². The van der Waals surface area contributed by atoms with Gasteiger partial charge in [-0.3, -0.25) is 4.79 Å². The number of ether oxygens (including phenoxy) is 2. The van der Waals surface area contributed by atoms with Gasteiger partial charge in [0.25, 0.3) is 0 Å². The molecule has 0 radical (unpaired) electrons. The van der Waals surface area contributed by atoms with Crippen molar-refractivity contribution in [3.63, 3.8) is 0 Å². The van der Waals surface area contributed by atoms with Crippen LogP contribution in [-0.2, 0) is 14.8 Å². The minimum absolute atomic E-state index is 0.135. The van der Waals surface area contributed by atoms with Crippen LogP contribution in [0.15, 0.2) is 48.5 Å². The first-order valence-corrected chi connectivity index (χ1v) is 9.39. The van der Waals surface area contributed by atoms with E-state index in [4.69, 9.17) is 9.47 Å². The van der Waals surface area contributed by atoms with E-state index >= 15 is 0 Å². The molecular weight excluding hydrogens is 344 g/mol. The van der Waals surface area contributed by atoms with Crippen LogP contribution in [0.5, 0.6) is 11.5 Å². The molecule has 0 bridgehead atoms. The molecule has 2 aromatic rings. The number of fused-ring (bicyclic) bond motifs is 1. The number of nitrogens with one attached hydrogen (secondary N) is 1. The van der Waals surface area contributed by atoms with Crippen LogP contribution < -0.4 is 14.8 Å². The number of hydrogen-bond donors (Lipinski definition) is 1. The number of benzene rings is 2. The van der Waals surface area contributed by atoms with Gasteiger partial charge in [0.05, 0.1) is 6.26 Å². The van der Waals surface area contributed by atoms with Crippen molar-refractivity contribution in [2.24, 2.45) is 0 Å². The van der Waals surface area contributed by atoms with Crippen molar-refractivity contribution >= 4 is 21.6 Å². The Kier molecular flexibility index (Phi) is 4.65. The summed E-state index contributed by atoms with van der Waals surface area (Å²) in [5.74, 6) is 0.675. The highest BCUT2D eigenvalue weighted by molar-refractivity contribution is 7.88. The summed E-state index contributed by atoms with van der Waals surface area (Å²) in [6, 6.07) is 12.8. The molecule has 1 aliphatic rings. The Hall–Kier alpha value is -2.58. The molecule has 0 saturated heterocycles. The summed E-state index contributed by atoms with van der Waals surface area (Å²) in [5.41, 5.74) is 1.07. The van der Waals surface area contributed by atoms with Crippen LogP contribution in [-0.4, -0.2) is 38.7 Å². The quantitative estimate of drug-likeness (QED) is 0.879. The van der Waals surface area contributed by atoms with E-state index in [0.29, 0.717) is 22.7 Å². The van der Waals surface area contributed by atoms with E-state index in [1.807, 2.05) is 0 Å². The number of nitrogens with zero attached hydrogens (tertiary/aromatic N) is 1. The van der Waals surface area contributed by atoms with Crippen LogP contribution in [0.1, 0.15) is 11.6 Å². The van der Waals surface area contributed by atoms with Crippen LogP contribution in [0, 0.1) is 0 Å². The average molecular weight is 362 g/mol. The lowest BCUT2D eigenvalue weighted by atomic mass is 10.1. The van der Waals surface area contributed by atoms with Crippen molar-refractivity contribution in [3.8, 4) is 11.5 Å². The van der Waals surface area contributed by atoms with Gasteiger partial charge < -0.3 is 14.8 Å². The topological polar surface area (TPSA) is 84.9 Å². The SMILES string of the molecule is CN([C@H](C(=O)Nc1ccc2c(c1)OCO2)c1ccccc1)S(C)(=O)=O.